The van der Waals surface area contributed by atoms with Gasteiger partial charge in [-0.1, -0.05) is 5.16 Å². The van der Waals surface area contributed by atoms with Crippen molar-refractivity contribution < 1.29 is 18.8 Å². The van der Waals surface area contributed by atoms with E-state index in [0.717, 1.165) is 5.56 Å². The minimum absolute atomic E-state index is 0.294. The number of ether oxygens (including phenoxy) is 1. The Morgan fingerprint density at radius 2 is 2.20 bits per heavy atom. The van der Waals surface area contributed by atoms with Crippen LogP contribution in [0, 0.1) is 13.8 Å². The molecule has 106 valence electrons. The standard InChI is InChI=1S/C13H14N2O4S/c1-7-4-5-20-11(7)13(17)18-9(3)12(16)14-10-6-8(2)19-15-10/h4-6,9H,1-3H3,(H,14,15,16)/t9-/m1/s1. The van der Waals surface area contributed by atoms with Crippen molar-refractivity contribution in [2.75, 3.05) is 5.32 Å². The van der Waals surface area contributed by atoms with Crippen LogP contribution in [0.2, 0.25) is 0 Å². The quantitative estimate of drug-likeness (QED) is 0.876. The lowest BCUT2D eigenvalue weighted by molar-refractivity contribution is -0.123. The number of esters is 1. The molecule has 7 heteroatoms. The van der Waals surface area contributed by atoms with Crippen molar-refractivity contribution in [2.24, 2.45) is 0 Å². The molecule has 0 fully saturated rings. The van der Waals surface area contributed by atoms with Crippen LogP contribution in [-0.2, 0) is 9.53 Å². The molecule has 0 aliphatic heterocycles. The van der Waals surface area contributed by atoms with Crippen molar-refractivity contribution in [1.29, 1.82) is 0 Å². The molecule has 6 nitrogen and oxygen atoms in total. The molecule has 0 radical (unpaired) electrons. The topological polar surface area (TPSA) is 81.4 Å². The predicted molar refractivity (Wildman–Crippen MR) is 73.8 cm³/mol. The van der Waals surface area contributed by atoms with Gasteiger partial charge in [0, 0.05) is 6.07 Å². The molecule has 1 N–H and O–H groups in total. The molecule has 20 heavy (non-hydrogen) atoms. The number of hydrogen-bond donors (Lipinski definition) is 1. The van der Waals surface area contributed by atoms with Crippen LogP contribution in [0.3, 0.4) is 0 Å². The summed E-state index contributed by atoms with van der Waals surface area (Å²) < 4.78 is 9.95. The maximum atomic E-state index is 11.9. The van der Waals surface area contributed by atoms with Gasteiger partial charge in [0.1, 0.15) is 10.6 Å². The second-order valence-electron chi connectivity index (χ2n) is 4.29. The van der Waals surface area contributed by atoms with Gasteiger partial charge in [0.15, 0.2) is 11.9 Å². The van der Waals surface area contributed by atoms with E-state index < -0.39 is 18.0 Å². The Hall–Kier alpha value is -2.15. The number of thiophene rings is 1. The summed E-state index contributed by atoms with van der Waals surface area (Å²) in [7, 11) is 0. The monoisotopic (exact) mass is 294 g/mol. The Bertz CT molecular complexity index is 632. The van der Waals surface area contributed by atoms with E-state index in [4.69, 9.17) is 9.26 Å². The van der Waals surface area contributed by atoms with E-state index >= 15 is 0 Å². The normalized spacial score (nSPS) is 11.9. The Morgan fingerprint density at radius 1 is 1.45 bits per heavy atom. The molecule has 0 spiro atoms. The summed E-state index contributed by atoms with van der Waals surface area (Å²) in [5, 5.41) is 7.95. The van der Waals surface area contributed by atoms with Gasteiger partial charge in [-0.3, -0.25) is 4.79 Å². The first-order valence-corrected chi connectivity index (χ1v) is 6.84. The second kappa shape index (κ2) is 5.87. The molecule has 0 aliphatic carbocycles. The summed E-state index contributed by atoms with van der Waals surface area (Å²) in [6.45, 7) is 5.03. The van der Waals surface area contributed by atoms with Crippen LogP contribution in [0.5, 0.6) is 0 Å². The fourth-order valence-electron chi connectivity index (χ4n) is 1.50. The first kappa shape index (κ1) is 14.3. The van der Waals surface area contributed by atoms with Crippen molar-refractivity contribution in [2.45, 2.75) is 26.9 Å². The van der Waals surface area contributed by atoms with Crippen LogP contribution in [0.15, 0.2) is 22.0 Å². The average molecular weight is 294 g/mol. The lowest BCUT2D eigenvalue weighted by Gasteiger charge is -2.11. The lowest BCUT2D eigenvalue weighted by Crippen LogP contribution is -2.30. The molecule has 0 aromatic carbocycles. The lowest BCUT2D eigenvalue weighted by atomic mass is 10.3. The summed E-state index contributed by atoms with van der Waals surface area (Å²) in [4.78, 5) is 24.2. The second-order valence-corrected chi connectivity index (χ2v) is 5.21. The van der Waals surface area contributed by atoms with E-state index in [1.165, 1.54) is 18.3 Å². The molecule has 0 saturated carbocycles. The molecule has 1 amide bonds. The number of aromatic nitrogens is 1. The summed E-state index contributed by atoms with van der Waals surface area (Å²) >= 11 is 1.29. The maximum Gasteiger partial charge on any atom is 0.349 e. The van der Waals surface area contributed by atoms with E-state index in [9.17, 15) is 9.59 Å². The summed E-state index contributed by atoms with van der Waals surface area (Å²) in [6.07, 6.45) is -0.916. The minimum atomic E-state index is -0.916. The number of carbonyl (C=O) groups excluding carboxylic acids is 2. The van der Waals surface area contributed by atoms with Gasteiger partial charge in [-0.25, -0.2) is 4.79 Å². The number of aryl methyl sites for hydroxylation is 2. The Labute approximate surface area is 119 Å². The highest BCUT2D eigenvalue weighted by Gasteiger charge is 2.21. The molecule has 2 aromatic heterocycles. The van der Waals surface area contributed by atoms with Crippen molar-refractivity contribution in [3.63, 3.8) is 0 Å². The highest BCUT2D eigenvalue weighted by molar-refractivity contribution is 7.12. The first-order valence-electron chi connectivity index (χ1n) is 5.96. The number of nitrogens with zero attached hydrogens (tertiary/aromatic N) is 1. The van der Waals surface area contributed by atoms with Gasteiger partial charge in [-0.2, -0.15) is 0 Å². The fraction of sp³-hybridized carbons (Fsp3) is 0.308. The third kappa shape index (κ3) is 3.24. The Kier molecular flexibility index (Phi) is 4.19. The van der Waals surface area contributed by atoms with Gasteiger partial charge in [0.05, 0.1) is 0 Å². The Balaban J connectivity index is 1.94. The van der Waals surface area contributed by atoms with Crippen molar-refractivity contribution in [3.8, 4) is 0 Å². The molecular formula is C13H14N2O4S. The summed E-state index contributed by atoms with van der Waals surface area (Å²) in [5.74, 6) is -0.0841. The van der Waals surface area contributed by atoms with Crippen LogP contribution < -0.4 is 5.32 Å². The zero-order valence-electron chi connectivity index (χ0n) is 11.3. The van der Waals surface area contributed by atoms with Gasteiger partial charge in [0.2, 0.25) is 0 Å². The molecule has 0 bridgehead atoms. The zero-order chi connectivity index (χ0) is 14.7. The van der Waals surface area contributed by atoms with Gasteiger partial charge in [0.25, 0.3) is 5.91 Å². The highest BCUT2D eigenvalue weighted by atomic mass is 32.1. The fourth-order valence-corrected chi connectivity index (χ4v) is 2.31. The molecule has 0 aliphatic rings. The average Bonchev–Trinajstić information content (AvgIpc) is 2.98. The highest BCUT2D eigenvalue weighted by Crippen LogP contribution is 2.17. The maximum absolute atomic E-state index is 11.9. The number of rotatable bonds is 4. The van der Waals surface area contributed by atoms with Crippen molar-refractivity contribution in [1.82, 2.24) is 5.16 Å². The van der Waals surface area contributed by atoms with E-state index in [-0.39, 0.29) is 0 Å². The zero-order valence-corrected chi connectivity index (χ0v) is 12.1. The number of nitrogens with one attached hydrogen (secondary N) is 1. The smallest absolute Gasteiger partial charge is 0.349 e. The number of anilines is 1. The summed E-state index contributed by atoms with van der Waals surface area (Å²) in [5.41, 5.74) is 0.833. The van der Waals surface area contributed by atoms with Gasteiger partial charge in [-0.05, 0) is 37.8 Å². The summed E-state index contributed by atoms with van der Waals surface area (Å²) in [6, 6.07) is 3.40. The molecule has 2 aromatic rings. The van der Waals surface area contributed by atoms with Crippen LogP contribution in [-0.4, -0.2) is 23.1 Å². The van der Waals surface area contributed by atoms with E-state index in [2.05, 4.69) is 10.5 Å². The van der Waals surface area contributed by atoms with Crippen LogP contribution in [0.25, 0.3) is 0 Å². The molecule has 1 atom stereocenters. The van der Waals surface area contributed by atoms with Gasteiger partial charge < -0.3 is 14.6 Å². The van der Waals surface area contributed by atoms with Crippen molar-refractivity contribution in [3.05, 3.63) is 33.7 Å². The van der Waals surface area contributed by atoms with E-state index in [1.807, 2.05) is 13.0 Å². The van der Waals surface area contributed by atoms with Crippen LogP contribution in [0.1, 0.15) is 27.9 Å². The van der Waals surface area contributed by atoms with Gasteiger partial charge in [-0.15, -0.1) is 11.3 Å². The van der Waals surface area contributed by atoms with E-state index in [0.29, 0.717) is 16.5 Å². The van der Waals surface area contributed by atoms with E-state index in [1.54, 1.807) is 18.4 Å². The predicted octanol–water partition coefficient (Wildman–Crippen LogP) is 2.54. The van der Waals surface area contributed by atoms with Crippen molar-refractivity contribution >= 4 is 29.0 Å². The number of carbonyl (C=O) groups is 2. The molecule has 0 saturated heterocycles. The molecular weight excluding hydrogens is 280 g/mol. The van der Waals surface area contributed by atoms with Crippen LogP contribution >= 0.6 is 11.3 Å². The van der Waals surface area contributed by atoms with Gasteiger partial charge >= 0.3 is 5.97 Å². The SMILES string of the molecule is Cc1cc(NC(=O)[C@@H](C)OC(=O)c2sccc2C)no1. The number of hydrogen-bond acceptors (Lipinski definition) is 6. The third-order valence-corrected chi connectivity index (χ3v) is 3.58. The Morgan fingerprint density at radius 3 is 2.75 bits per heavy atom. The molecule has 2 heterocycles. The minimum Gasteiger partial charge on any atom is -0.448 e. The van der Waals surface area contributed by atoms with Crippen LogP contribution in [0.4, 0.5) is 5.82 Å². The molecule has 2 rings (SSSR count). The molecule has 0 unspecified atom stereocenters. The third-order valence-electron chi connectivity index (χ3n) is 2.58. The number of amides is 1. The largest absolute Gasteiger partial charge is 0.448 e. The first-order chi connectivity index (χ1) is 9.47.